The molecule has 0 saturated heterocycles. The molecule has 0 aliphatic heterocycles. The molecule has 29 heavy (non-hydrogen) atoms. The van der Waals surface area contributed by atoms with Crippen LogP contribution in [0.2, 0.25) is 0 Å². The number of nitro benzene ring substituents is 1. The lowest BCUT2D eigenvalue weighted by atomic mass is 10.00. The highest BCUT2D eigenvalue weighted by Gasteiger charge is 2.31. The Hall–Kier alpha value is -2.94. The second kappa shape index (κ2) is 8.60. The number of nitrogens with zero attached hydrogens (tertiary/aromatic N) is 2. The first kappa shape index (κ1) is 22.4. The van der Waals surface area contributed by atoms with E-state index in [1.165, 1.54) is 25.1 Å². The van der Waals surface area contributed by atoms with E-state index in [4.69, 9.17) is 0 Å². The van der Waals surface area contributed by atoms with Crippen LogP contribution in [0.4, 0.5) is 11.4 Å². The maximum Gasteiger partial charge on any atom is 0.271 e. The van der Waals surface area contributed by atoms with Gasteiger partial charge in [0.05, 0.1) is 22.9 Å². The Morgan fingerprint density at radius 1 is 1.14 bits per heavy atom. The maximum absolute atomic E-state index is 12.9. The van der Waals surface area contributed by atoms with E-state index in [-0.39, 0.29) is 17.4 Å². The van der Waals surface area contributed by atoms with Gasteiger partial charge in [-0.05, 0) is 44.9 Å². The zero-order chi connectivity index (χ0) is 21.9. The molecule has 1 N–H and O–H groups in total. The molecule has 2 aromatic rings. The Morgan fingerprint density at radius 2 is 1.79 bits per heavy atom. The van der Waals surface area contributed by atoms with E-state index in [1.54, 1.807) is 0 Å². The van der Waals surface area contributed by atoms with Crippen molar-refractivity contribution in [1.29, 1.82) is 0 Å². The zero-order valence-electron chi connectivity index (χ0n) is 17.0. The molecular weight excluding hydrogens is 394 g/mol. The van der Waals surface area contributed by atoms with Gasteiger partial charge in [0, 0.05) is 12.1 Å². The molecule has 0 unspecified atom stereocenters. The zero-order valence-corrected chi connectivity index (χ0v) is 17.9. The third-order valence-electron chi connectivity index (χ3n) is 4.64. The Kier molecular flexibility index (Phi) is 6.63. The smallest absolute Gasteiger partial charge is 0.271 e. The first-order valence-electron chi connectivity index (χ1n) is 9.03. The van der Waals surface area contributed by atoms with Gasteiger partial charge in [-0.2, -0.15) is 0 Å². The molecule has 2 atom stereocenters. The summed E-state index contributed by atoms with van der Waals surface area (Å²) in [5.41, 5.74) is 2.80. The number of sulfonamides is 1. The van der Waals surface area contributed by atoms with Crippen LogP contribution >= 0.6 is 0 Å². The van der Waals surface area contributed by atoms with Gasteiger partial charge in [-0.3, -0.25) is 19.2 Å². The first-order chi connectivity index (χ1) is 13.4. The third-order valence-corrected chi connectivity index (χ3v) is 5.89. The molecule has 0 fully saturated rings. The fraction of sp³-hybridized carbons (Fsp3) is 0.350. The van der Waals surface area contributed by atoms with E-state index in [9.17, 15) is 23.3 Å². The number of anilines is 1. The molecule has 8 nitrogen and oxygen atoms in total. The van der Waals surface area contributed by atoms with Gasteiger partial charge in [-0.15, -0.1) is 0 Å². The van der Waals surface area contributed by atoms with Crippen molar-refractivity contribution in [3.63, 3.8) is 0 Å². The van der Waals surface area contributed by atoms with Crippen LogP contribution in [0.15, 0.2) is 42.5 Å². The summed E-state index contributed by atoms with van der Waals surface area (Å²) in [6.45, 7) is 7.16. The van der Waals surface area contributed by atoms with Crippen LogP contribution in [0.1, 0.15) is 36.6 Å². The lowest BCUT2D eigenvalue weighted by Gasteiger charge is -2.29. The predicted octanol–water partition coefficient (Wildman–Crippen LogP) is 3.24. The molecule has 2 aromatic carbocycles. The minimum absolute atomic E-state index is 0.0590. The maximum atomic E-state index is 12.9. The molecule has 0 radical (unpaired) electrons. The highest BCUT2D eigenvalue weighted by Crippen LogP contribution is 2.26. The molecule has 0 aliphatic rings. The van der Waals surface area contributed by atoms with Crippen molar-refractivity contribution in [1.82, 2.24) is 5.32 Å². The Morgan fingerprint density at radius 3 is 2.38 bits per heavy atom. The van der Waals surface area contributed by atoms with Gasteiger partial charge in [0.1, 0.15) is 6.04 Å². The van der Waals surface area contributed by atoms with Crippen LogP contribution in [-0.4, -0.2) is 31.5 Å². The van der Waals surface area contributed by atoms with Crippen LogP contribution < -0.4 is 9.62 Å². The van der Waals surface area contributed by atoms with E-state index < -0.39 is 26.9 Å². The van der Waals surface area contributed by atoms with Crippen LogP contribution in [-0.2, 0) is 14.8 Å². The second-order valence-corrected chi connectivity index (χ2v) is 8.96. The fourth-order valence-electron chi connectivity index (χ4n) is 3.19. The van der Waals surface area contributed by atoms with Crippen molar-refractivity contribution in [2.75, 3.05) is 10.6 Å². The molecule has 9 heteroatoms. The number of hydrogen-bond donors (Lipinski definition) is 1. The van der Waals surface area contributed by atoms with E-state index >= 15 is 0 Å². The monoisotopic (exact) mass is 419 g/mol. The highest BCUT2D eigenvalue weighted by molar-refractivity contribution is 7.92. The number of non-ortho nitro benzene ring substituents is 1. The fourth-order valence-corrected chi connectivity index (χ4v) is 4.36. The van der Waals surface area contributed by atoms with Gasteiger partial charge in [0.2, 0.25) is 15.9 Å². The number of rotatable bonds is 7. The van der Waals surface area contributed by atoms with Crippen LogP contribution in [0, 0.1) is 24.0 Å². The van der Waals surface area contributed by atoms with E-state index in [0.717, 1.165) is 33.3 Å². The topological polar surface area (TPSA) is 110 Å². The number of nitrogens with one attached hydrogen (secondary N) is 1. The molecule has 0 aromatic heterocycles. The molecule has 0 spiro atoms. The molecule has 2 rings (SSSR count). The predicted molar refractivity (Wildman–Crippen MR) is 112 cm³/mol. The molecular formula is C20H25N3O5S. The summed E-state index contributed by atoms with van der Waals surface area (Å²) in [4.78, 5) is 23.3. The quantitative estimate of drug-likeness (QED) is 0.547. The number of amides is 1. The minimum atomic E-state index is -3.87. The van der Waals surface area contributed by atoms with Crippen LogP contribution in [0.3, 0.4) is 0 Å². The summed E-state index contributed by atoms with van der Waals surface area (Å²) < 4.78 is 25.7. The average molecular weight is 420 g/mol. The lowest BCUT2D eigenvalue weighted by Crippen LogP contribution is -2.48. The summed E-state index contributed by atoms with van der Waals surface area (Å²) in [6.07, 6.45) is 0.962. The molecule has 156 valence electrons. The SMILES string of the molecule is Cc1ccc(C)c([C@@H](C)NC(=O)[C@@H](C)N(c2cccc([N+](=O)[O-])c2)S(C)(=O)=O)c1. The van der Waals surface area contributed by atoms with Crippen LogP contribution in [0.5, 0.6) is 0 Å². The van der Waals surface area contributed by atoms with E-state index in [1.807, 2.05) is 39.0 Å². The number of aryl methyl sites for hydroxylation is 2. The van der Waals surface area contributed by atoms with Crippen molar-refractivity contribution >= 4 is 27.3 Å². The van der Waals surface area contributed by atoms with Crippen molar-refractivity contribution in [2.45, 2.75) is 39.8 Å². The molecule has 0 bridgehead atoms. The summed E-state index contributed by atoms with van der Waals surface area (Å²) in [6, 6.07) is 9.68. The highest BCUT2D eigenvalue weighted by atomic mass is 32.2. The summed E-state index contributed by atoms with van der Waals surface area (Å²) >= 11 is 0. The number of nitro groups is 1. The minimum Gasteiger partial charge on any atom is -0.348 e. The molecule has 0 aliphatic carbocycles. The van der Waals surface area contributed by atoms with E-state index in [2.05, 4.69) is 5.32 Å². The van der Waals surface area contributed by atoms with Crippen LogP contribution in [0.25, 0.3) is 0 Å². The standard InChI is InChI=1S/C20H25N3O5S/c1-13-9-10-14(2)19(11-13)15(3)21-20(24)16(4)22(29(5,27)28)17-7-6-8-18(12-17)23(25)26/h6-12,15-16H,1-5H3,(H,21,24)/t15-,16-/m1/s1. The van der Waals surface area contributed by atoms with Crippen molar-refractivity contribution in [3.8, 4) is 0 Å². The summed E-state index contributed by atoms with van der Waals surface area (Å²) in [5, 5.41) is 13.9. The summed E-state index contributed by atoms with van der Waals surface area (Å²) in [7, 11) is -3.87. The largest absolute Gasteiger partial charge is 0.348 e. The Bertz CT molecular complexity index is 1040. The van der Waals surface area contributed by atoms with Crippen molar-refractivity contribution in [2.24, 2.45) is 0 Å². The number of benzene rings is 2. The first-order valence-corrected chi connectivity index (χ1v) is 10.9. The Balaban J connectivity index is 2.33. The van der Waals surface area contributed by atoms with Gasteiger partial charge in [-0.25, -0.2) is 8.42 Å². The molecule has 1 amide bonds. The van der Waals surface area contributed by atoms with Gasteiger partial charge >= 0.3 is 0 Å². The Labute approximate surface area is 170 Å². The second-order valence-electron chi connectivity index (χ2n) is 7.10. The molecule has 0 saturated carbocycles. The van der Waals surface area contributed by atoms with E-state index in [0.29, 0.717) is 0 Å². The summed E-state index contributed by atoms with van der Waals surface area (Å²) in [5.74, 6) is -0.504. The van der Waals surface area contributed by atoms with Gasteiger partial charge < -0.3 is 5.32 Å². The average Bonchev–Trinajstić information content (AvgIpc) is 2.62. The third kappa shape index (κ3) is 5.32. The van der Waals surface area contributed by atoms with Gasteiger partial charge in [0.15, 0.2) is 0 Å². The number of hydrogen-bond acceptors (Lipinski definition) is 5. The van der Waals surface area contributed by atoms with Gasteiger partial charge in [-0.1, -0.05) is 29.8 Å². The molecule has 0 heterocycles. The lowest BCUT2D eigenvalue weighted by molar-refractivity contribution is -0.384. The normalized spacial score (nSPS) is 13.4. The van der Waals surface area contributed by atoms with Crippen molar-refractivity contribution in [3.05, 3.63) is 69.3 Å². The van der Waals surface area contributed by atoms with Gasteiger partial charge in [0.25, 0.3) is 5.69 Å². The van der Waals surface area contributed by atoms with Crippen molar-refractivity contribution < 1.29 is 18.1 Å². The number of carbonyl (C=O) groups is 1. The number of carbonyl (C=O) groups excluding carboxylic acids is 1.